The van der Waals surface area contributed by atoms with Crippen molar-refractivity contribution in [2.24, 2.45) is 0 Å². The fraction of sp³-hybridized carbons (Fsp3) is 0.167. The van der Waals surface area contributed by atoms with Crippen LogP contribution in [0.2, 0.25) is 0 Å². The lowest BCUT2D eigenvalue weighted by Gasteiger charge is -2.29. The second-order valence-electron chi connectivity index (χ2n) is 5.35. The SMILES string of the molecule is CC(CO)(NC(=O)/C=C\c1ccccc1)c1cc(Br)ccc1F. The molecular weight excluding hydrogens is 361 g/mol. The second-order valence-corrected chi connectivity index (χ2v) is 6.26. The Bertz CT molecular complexity index is 718. The zero-order valence-electron chi connectivity index (χ0n) is 12.6. The fourth-order valence-corrected chi connectivity index (χ4v) is 2.52. The fourth-order valence-electron chi connectivity index (χ4n) is 2.16. The van der Waals surface area contributed by atoms with Gasteiger partial charge in [-0.2, -0.15) is 0 Å². The van der Waals surface area contributed by atoms with Crippen molar-refractivity contribution in [3.05, 3.63) is 76.0 Å². The van der Waals surface area contributed by atoms with Crippen LogP contribution in [0.1, 0.15) is 18.1 Å². The molecule has 1 amide bonds. The molecule has 2 aromatic carbocycles. The quantitative estimate of drug-likeness (QED) is 0.781. The molecule has 2 N–H and O–H groups in total. The highest BCUT2D eigenvalue weighted by atomic mass is 79.9. The molecule has 1 atom stereocenters. The predicted molar refractivity (Wildman–Crippen MR) is 92.2 cm³/mol. The average Bonchev–Trinajstić information content (AvgIpc) is 2.56. The van der Waals surface area contributed by atoms with E-state index in [2.05, 4.69) is 21.2 Å². The van der Waals surface area contributed by atoms with E-state index < -0.39 is 23.9 Å². The summed E-state index contributed by atoms with van der Waals surface area (Å²) in [5.41, 5.74) is -0.121. The Kier molecular flexibility index (Phi) is 5.69. The number of aliphatic hydroxyl groups is 1. The van der Waals surface area contributed by atoms with E-state index in [9.17, 15) is 14.3 Å². The third-order valence-electron chi connectivity index (χ3n) is 3.46. The van der Waals surface area contributed by atoms with E-state index >= 15 is 0 Å². The Morgan fingerprint density at radius 3 is 2.65 bits per heavy atom. The van der Waals surface area contributed by atoms with Crippen LogP contribution in [0.5, 0.6) is 0 Å². The largest absolute Gasteiger partial charge is 0.394 e. The molecule has 5 heteroatoms. The number of amides is 1. The zero-order valence-corrected chi connectivity index (χ0v) is 14.2. The summed E-state index contributed by atoms with van der Waals surface area (Å²) in [4.78, 5) is 12.1. The van der Waals surface area contributed by atoms with Crippen molar-refractivity contribution < 1.29 is 14.3 Å². The monoisotopic (exact) mass is 377 g/mol. The van der Waals surface area contributed by atoms with Gasteiger partial charge in [-0.05, 0) is 36.8 Å². The van der Waals surface area contributed by atoms with E-state index in [4.69, 9.17) is 0 Å². The van der Waals surface area contributed by atoms with Gasteiger partial charge in [0.2, 0.25) is 5.91 Å². The van der Waals surface area contributed by atoms with Gasteiger partial charge in [0.05, 0.1) is 12.1 Å². The second kappa shape index (κ2) is 7.53. The number of benzene rings is 2. The molecule has 23 heavy (non-hydrogen) atoms. The summed E-state index contributed by atoms with van der Waals surface area (Å²) in [5.74, 6) is -0.901. The Labute approximate surface area is 143 Å². The van der Waals surface area contributed by atoms with E-state index in [0.717, 1.165) is 5.56 Å². The molecule has 0 heterocycles. The van der Waals surface area contributed by atoms with Gasteiger partial charge in [-0.1, -0.05) is 46.3 Å². The van der Waals surface area contributed by atoms with Crippen molar-refractivity contribution in [1.82, 2.24) is 5.32 Å². The van der Waals surface area contributed by atoms with Gasteiger partial charge in [0.15, 0.2) is 0 Å². The molecule has 2 rings (SSSR count). The zero-order chi connectivity index (χ0) is 16.9. The molecule has 0 bridgehead atoms. The maximum absolute atomic E-state index is 14.1. The number of hydrogen-bond donors (Lipinski definition) is 2. The molecule has 120 valence electrons. The lowest BCUT2D eigenvalue weighted by molar-refractivity contribution is -0.118. The van der Waals surface area contributed by atoms with Crippen LogP contribution in [0.4, 0.5) is 4.39 Å². The number of carbonyl (C=O) groups excluding carboxylic acids is 1. The molecule has 0 aliphatic carbocycles. The van der Waals surface area contributed by atoms with Crippen LogP contribution in [-0.4, -0.2) is 17.6 Å². The predicted octanol–water partition coefficient (Wildman–Crippen LogP) is 3.63. The van der Waals surface area contributed by atoms with Crippen LogP contribution in [0.15, 0.2) is 59.1 Å². The highest BCUT2D eigenvalue weighted by Gasteiger charge is 2.30. The number of nitrogens with one attached hydrogen (secondary N) is 1. The van der Waals surface area contributed by atoms with Gasteiger partial charge in [0.25, 0.3) is 0 Å². The third kappa shape index (κ3) is 4.50. The topological polar surface area (TPSA) is 49.3 Å². The summed E-state index contributed by atoms with van der Waals surface area (Å²) in [6.07, 6.45) is 3.02. The normalized spacial score (nSPS) is 13.7. The molecule has 1 unspecified atom stereocenters. The molecular formula is C18H17BrFNO2. The van der Waals surface area contributed by atoms with Crippen molar-refractivity contribution in [3.8, 4) is 0 Å². The van der Waals surface area contributed by atoms with Crippen LogP contribution in [0.3, 0.4) is 0 Å². The van der Waals surface area contributed by atoms with Crippen molar-refractivity contribution in [1.29, 1.82) is 0 Å². The van der Waals surface area contributed by atoms with Gasteiger partial charge < -0.3 is 10.4 Å². The van der Waals surface area contributed by atoms with Crippen molar-refractivity contribution in [2.75, 3.05) is 6.61 Å². The summed E-state index contributed by atoms with van der Waals surface area (Å²) in [6, 6.07) is 13.8. The molecule has 0 aromatic heterocycles. The third-order valence-corrected chi connectivity index (χ3v) is 3.96. The van der Waals surface area contributed by atoms with Crippen LogP contribution < -0.4 is 5.32 Å². The molecule has 0 fully saturated rings. The first-order valence-electron chi connectivity index (χ1n) is 7.06. The smallest absolute Gasteiger partial charge is 0.244 e. The molecule has 0 aliphatic heterocycles. The van der Waals surface area contributed by atoms with E-state index in [1.165, 1.54) is 12.1 Å². The number of carbonyl (C=O) groups is 1. The molecule has 2 aromatic rings. The minimum absolute atomic E-state index is 0.218. The molecule has 0 spiro atoms. The van der Waals surface area contributed by atoms with Gasteiger partial charge in [-0.3, -0.25) is 4.79 Å². The van der Waals surface area contributed by atoms with Gasteiger partial charge in [0.1, 0.15) is 5.82 Å². The van der Waals surface area contributed by atoms with Crippen molar-refractivity contribution in [2.45, 2.75) is 12.5 Å². The highest BCUT2D eigenvalue weighted by Crippen LogP contribution is 2.26. The van der Waals surface area contributed by atoms with Crippen molar-refractivity contribution in [3.63, 3.8) is 0 Å². The van der Waals surface area contributed by atoms with Gasteiger partial charge in [0, 0.05) is 16.1 Å². The van der Waals surface area contributed by atoms with Crippen molar-refractivity contribution >= 4 is 27.9 Å². The minimum Gasteiger partial charge on any atom is -0.394 e. The number of halogens is 2. The standard InChI is InChI=1S/C18H17BrFNO2/c1-18(12-22,15-11-14(19)8-9-16(15)20)21-17(23)10-7-13-5-3-2-4-6-13/h2-11,22H,12H2,1H3,(H,21,23)/b10-7-. The molecule has 0 radical (unpaired) electrons. The van der Waals surface area contributed by atoms with Crippen LogP contribution in [0.25, 0.3) is 6.08 Å². The lowest BCUT2D eigenvalue weighted by Crippen LogP contribution is -2.46. The summed E-state index contributed by atoms with van der Waals surface area (Å²) >= 11 is 3.27. The van der Waals surface area contributed by atoms with Gasteiger partial charge in [-0.25, -0.2) is 4.39 Å². The Hall–Kier alpha value is -1.98. The molecule has 3 nitrogen and oxygen atoms in total. The van der Waals surface area contributed by atoms with Gasteiger partial charge >= 0.3 is 0 Å². The summed E-state index contributed by atoms with van der Waals surface area (Å²) in [6.45, 7) is 1.15. The van der Waals surface area contributed by atoms with E-state index in [0.29, 0.717) is 4.47 Å². The first-order chi connectivity index (χ1) is 10.9. The van der Waals surface area contributed by atoms with E-state index in [1.54, 1.807) is 25.1 Å². The minimum atomic E-state index is -1.22. The van der Waals surface area contributed by atoms with E-state index in [-0.39, 0.29) is 5.56 Å². The summed E-state index contributed by atoms with van der Waals surface area (Å²) in [7, 11) is 0. The number of hydrogen-bond acceptors (Lipinski definition) is 2. The first-order valence-corrected chi connectivity index (χ1v) is 7.85. The van der Waals surface area contributed by atoms with Crippen LogP contribution in [-0.2, 0) is 10.3 Å². The number of aliphatic hydroxyl groups excluding tert-OH is 1. The van der Waals surface area contributed by atoms with Crippen LogP contribution in [0, 0.1) is 5.82 Å². The number of rotatable bonds is 5. The molecule has 0 saturated heterocycles. The highest BCUT2D eigenvalue weighted by molar-refractivity contribution is 9.10. The average molecular weight is 378 g/mol. The summed E-state index contributed by atoms with van der Waals surface area (Å²) in [5, 5.41) is 12.3. The summed E-state index contributed by atoms with van der Waals surface area (Å²) < 4.78 is 14.7. The Morgan fingerprint density at radius 2 is 2.00 bits per heavy atom. The maximum atomic E-state index is 14.1. The Morgan fingerprint density at radius 1 is 1.30 bits per heavy atom. The lowest BCUT2D eigenvalue weighted by atomic mass is 9.92. The van der Waals surface area contributed by atoms with E-state index in [1.807, 2.05) is 30.3 Å². The van der Waals surface area contributed by atoms with Crippen LogP contribution >= 0.6 is 15.9 Å². The Balaban J connectivity index is 2.19. The first kappa shape index (κ1) is 17.4. The maximum Gasteiger partial charge on any atom is 0.244 e. The molecule has 0 aliphatic rings. The van der Waals surface area contributed by atoms with Gasteiger partial charge in [-0.15, -0.1) is 0 Å². The molecule has 0 saturated carbocycles.